The van der Waals surface area contributed by atoms with Crippen molar-refractivity contribution in [2.45, 2.75) is 47.5 Å². The van der Waals surface area contributed by atoms with Gasteiger partial charge in [-0.15, -0.1) is 0 Å². The number of nitrogens with one attached hydrogen (secondary N) is 1. The molecule has 1 rings (SSSR count). The first-order valence-corrected chi connectivity index (χ1v) is 5.59. The van der Waals surface area contributed by atoms with Gasteiger partial charge < -0.3 is 4.98 Å². The molecule has 14 heavy (non-hydrogen) atoms. The van der Waals surface area contributed by atoms with Crippen molar-refractivity contribution in [2.24, 2.45) is 0 Å². The second-order valence-electron chi connectivity index (χ2n) is 3.10. The Labute approximate surface area is 88.2 Å². The number of aromatic amines is 1. The van der Waals surface area contributed by atoms with Crippen molar-refractivity contribution in [3.8, 4) is 0 Å². The maximum Gasteiger partial charge on any atom is 0.0409 e. The molecule has 1 nitrogen and oxygen atoms in total. The number of rotatable bonds is 3. The van der Waals surface area contributed by atoms with Gasteiger partial charge in [-0.1, -0.05) is 33.3 Å². The minimum Gasteiger partial charge on any atom is -0.361 e. The highest BCUT2D eigenvalue weighted by Crippen LogP contribution is 2.15. The molecule has 0 saturated carbocycles. The Morgan fingerprint density at radius 3 is 2.50 bits per heavy atom. The molecule has 1 heterocycles. The zero-order valence-corrected chi connectivity index (χ0v) is 10.1. The Morgan fingerprint density at radius 1 is 1.36 bits per heavy atom. The molecular weight excluding hydrogens is 170 g/mol. The van der Waals surface area contributed by atoms with E-state index in [0.717, 1.165) is 0 Å². The van der Waals surface area contributed by atoms with Gasteiger partial charge in [-0.3, -0.25) is 0 Å². The van der Waals surface area contributed by atoms with Crippen LogP contribution in [0, 0.1) is 6.92 Å². The molecule has 1 aromatic rings. The lowest BCUT2D eigenvalue weighted by Gasteiger charge is -1.95. The third kappa shape index (κ3) is 3.41. The second-order valence-corrected chi connectivity index (χ2v) is 3.10. The summed E-state index contributed by atoms with van der Waals surface area (Å²) in [5.41, 5.74) is 4.10. The zero-order chi connectivity index (χ0) is 11.0. The molecule has 1 heteroatoms. The summed E-state index contributed by atoms with van der Waals surface area (Å²) in [6.07, 6.45) is 8.70. The molecule has 0 aliphatic carbocycles. The Bertz CT molecular complexity index is 269. The van der Waals surface area contributed by atoms with Crippen LogP contribution in [0.1, 0.15) is 50.9 Å². The lowest BCUT2D eigenvalue weighted by atomic mass is 10.1. The van der Waals surface area contributed by atoms with Crippen LogP contribution in [0.2, 0.25) is 0 Å². The predicted molar refractivity (Wildman–Crippen MR) is 65.6 cm³/mol. The molecule has 1 N–H and O–H groups in total. The maximum absolute atomic E-state index is 3.27. The molecule has 0 fully saturated rings. The fraction of sp³-hybridized carbons (Fsp3) is 0.538. The first-order valence-electron chi connectivity index (χ1n) is 5.59. The molecule has 0 atom stereocenters. The van der Waals surface area contributed by atoms with E-state index in [9.17, 15) is 0 Å². The second kappa shape index (κ2) is 7.43. The van der Waals surface area contributed by atoms with Crippen LogP contribution in [-0.2, 0) is 6.42 Å². The lowest BCUT2D eigenvalue weighted by Crippen LogP contribution is -1.82. The summed E-state index contributed by atoms with van der Waals surface area (Å²) in [7, 11) is 0. The van der Waals surface area contributed by atoms with Crippen molar-refractivity contribution >= 4 is 6.08 Å². The van der Waals surface area contributed by atoms with Gasteiger partial charge in [0.1, 0.15) is 0 Å². The third-order valence-electron chi connectivity index (χ3n) is 2.14. The van der Waals surface area contributed by atoms with Gasteiger partial charge in [-0.05, 0) is 37.5 Å². The molecule has 0 spiro atoms. The summed E-state index contributed by atoms with van der Waals surface area (Å²) in [6.45, 7) is 10.4. The summed E-state index contributed by atoms with van der Waals surface area (Å²) >= 11 is 0. The van der Waals surface area contributed by atoms with Crippen molar-refractivity contribution in [3.05, 3.63) is 29.1 Å². The van der Waals surface area contributed by atoms with E-state index in [4.69, 9.17) is 0 Å². The number of aryl methyl sites for hydroxylation is 1. The fourth-order valence-electron chi connectivity index (χ4n) is 1.42. The number of H-pyrrole nitrogens is 1. The SMILES string of the molecule is C/C=C\c1[nH]cc(CCC)c1C.CC. The van der Waals surface area contributed by atoms with E-state index in [1.165, 1.54) is 29.7 Å². The van der Waals surface area contributed by atoms with E-state index in [1.807, 2.05) is 20.8 Å². The van der Waals surface area contributed by atoms with Gasteiger partial charge in [-0.2, -0.15) is 0 Å². The average molecular weight is 193 g/mol. The van der Waals surface area contributed by atoms with E-state index < -0.39 is 0 Å². The van der Waals surface area contributed by atoms with Crippen molar-refractivity contribution in [1.82, 2.24) is 4.98 Å². The van der Waals surface area contributed by atoms with E-state index in [0.29, 0.717) is 0 Å². The van der Waals surface area contributed by atoms with Crippen LogP contribution in [0.15, 0.2) is 12.3 Å². The van der Waals surface area contributed by atoms with Crippen molar-refractivity contribution < 1.29 is 0 Å². The molecule has 0 amide bonds. The summed E-state index contributed by atoms with van der Waals surface area (Å²) in [5, 5.41) is 0. The highest BCUT2D eigenvalue weighted by molar-refractivity contribution is 5.51. The van der Waals surface area contributed by atoms with E-state index in [-0.39, 0.29) is 0 Å². The summed E-state index contributed by atoms with van der Waals surface area (Å²) in [5.74, 6) is 0. The van der Waals surface area contributed by atoms with Crippen molar-refractivity contribution in [3.63, 3.8) is 0 Å². The van der Waals surface area contributed by atoms with Gasteiger partial charge in [0.15, 0.2) is 0 Å². The molecule has 0 unspecified atom stereocenters. The number of aromatic nitrogens is 1. The van der Waals surface area contributed by atoms with Crippen LogP contribution in [0.3, 0.4) is 0 Å². The molecular formula is C13H23N. The summed E-state index contributed by atoms with van der Waals surface area (Å²) in [6, 6.07) is 0. The third-order valence-corrected chi connectivity index (χ3v) is 2.14. The van der Waals surface area contributed by atoms with E-state index >= 15 is 0 Å². The largest absolute Gasteiger partial charge is 0.361 e. The predicted octanol–water partition coefficient (Wildman–Crippen LogP) is 4.33. The van der Waals surface area contributed by atoms with Gasteiger partial charge in [0.25, 0.3) is 0 Å². The minimum atomic E-state index is 1.18. The monoisotopic (exact) mass is 193 g/mol. The van der Waals surface area contributed by atoms with Gasteiger partial charge >= 0.3 is 0 Å². The number of hydrogen-bond donors (Lipinski definition) is 1. The molecule has 0 aliphatic rings. The van der Waals surface area contributed by atoms with E-state index in [2.05, 4.69) is 37.2 Å². The van der Waals surface area contributed by atoms with Crippen LogP contribution in [0.5, 0.6) is 0 Å². The average Bonchev–Trinajstić information content (AvgIpc) is 2.55. The number of allylic oxidation sites excluding steroid dienone is 1. The molecule has 0 saturated heterocycles. The lowest BCUT2D eigenvalue weighted by molar-refractivity contribution is 0.916. The molecule has 0 bridgehead atoms. The van der Waals surface area contributed by atoms with Crippen LogP contribution in [-0.4, -0.2) is 4.98 Å². The Kier molecular flexibility index (Phi) is 6.91. The summed E-state index contributed by atoms with van der Waals surface area (Å²) < 4.78 is 0. The Balaban J connectivity index is 0.000000791. The fourth-order valence-corrected chi connectivity index (χ4v) is 1.42. The Morgan fingerprint density at radius 2 is 2.00 bits per heavy atom. The molecule has 0 radical (unpaired) electrons. The highest BCUT2D eigenvalue weighted by atomic mass is 14.7. The van der Waals surface area contributed by atoms with Gasteiger partial charge in [0, 0.05) is 11.9 Å². The first-order chi connectivity index (χ1) is 6.79. The van der Waals surface area contributed by atoms with Crippen LogP contribution < -0.4 is 0 Å². The van der Waals surface area contributed by atoms with Crippen molar-refractivity contribution in [2.75, 3.05) is 0 Å². The van der Waals surface area contributed by atoms with E-state index in [1.54, 1.807) is 0 Å². The van der Waals surface area contributed by atoms with Gasteiger partial charge in [0.2, 0.25) is 0 Å². The number of hydrogen-bond acceptors (Lipinski definition) is 0. The normalized spacial score (nSPS) is 10.1. The summed E-state index contributed by atoms with van der Waals surface area (Å²) in [4.78, 5) is 3.27. The standard InChI is InChI=1S/C11H17N.C2H6/c1-4-6-10-8-12-11(7-5-2)9(10)3;1-2/h5,7-8,12H,4,6H2,1-3H3;1-2H3/b7-5-;. The topological polar surface area (TPSA) is 15.8 Å². The molecule has 0 aliphatic heterocycles. The van der Waals surface area contributed by atoms with Crippen molar-refractivity contribution in [1.29, 1.82) is 0 Å². The van der Waals surface area contributed by atoms with Gasteiger partial charge in [0.05, 0.1) is 0 Å². The molecule has 1 aromatic heterocycles. The minimum absolute atomic E-state index is 1.18. The smallest absolute Gasteiger partial charge is 0.0409 e. The van der Waals surface area contributed by atoms with Crippen LogP contribution in [0.25, 0.3) is 6.08 Å². The highest BCUT2D eigenvalue weighted by Gasteiger charge is 2.02. The van der Waals surface area contributed by atoms with Crippen LogP contribution >= 0.6 is 0 Å². The van der Waals surface area contributed by atoms with Crippen LogP contribution in [0.4, 0.5) is 0 Å². The maximum atomic E-state index is 3.27. The molecule has 0 aromatic carbocycles. The quantitative estimate of drug-likeness (QED) is 0.735. The molecule has 80 valence electrons. The first kappa shape index (κ1) is 13.0. The Hall–Kier alpha value is -0.980. The van der Waals surface area contributed by atoms with Gasteiger partial charge in [-0.25, -0.2) is 0 Å². The zero-order valence-electron chi connectivity index (χ0n) is 10.1.